The number of carbonyl (C=O) groups is 1. The van der Waals surface area contributed by atoms with Crippen molar-refractivity contribution in [2.75, 3.05) is 5.32 Å². The molecule has 6 nitrogen and oxygen atoms in total. The third kappa shape index (κ3) is 4.05. The first-order valence-corrected chi connectivity index (χ1v) is 9.94. The van der Waals surface area contributed by atoms with E-state index < -0.39 is 6.04 Å². The zero-order valence-electron chi connectivity index (χ0n) is 16.0. The van der Waals surface area contributed by atoms with Crippen LogP contribution >= 0.6 is 11.3 Å². The molecule has 0 bridgehead atoms. The number of fused-ring (bicyclic) bond motifs is 1. The Bertz CT molecular complexity index is 1210. The van der Waals surface area contributed by atoms with E-state index in [1.807, 2.05) is 43.3 Å². The van der Waals surface area contributed by atoms with Gasteiger partial charge in [0.25, 0.3) is 5.56 Å². The fraction of sp³-hybridized carbons (Fsp3) is 0.136. The first kappa shape index (κ1) is 18.9. The zero-order chi connectivity index (χ0) is 20.4. The van der Waals surface area contributed by atoms with Gasteiger partial charge in [-0.3, -0.25) is 14.2 Å². The van der Waals surface area contributed by atoms with Crippen LogP contribution in [0.4, 0.5) is 5.69 Å². The lowest BCUT2D eigenvalue weighted by Crippen LogP contribution is -2.31. The smallest absolute Gasteiger partial charge is 0.262 e. The number of aryl methyl sites for hydroxylation is 1. The molecule has 0 saturated heterocycles. The molecule has 4 rings (SSSR count). The molecule has 1 amide bonds. The van der Waals surface area contributed by atoms with Crippen LogP contribution in [0.15, 0.2) is 71.8 Å². The SMILES string of the molecule is Cc1cc2c(=O)n(C(C)C(=O)Nc3ccc(Oc4ccccc4)cc3)cnc2s1. The number of ether oxygens (including phenoxy) is 1. The number of anilines is 1. The van der Waals surface area contributed by atoms with Gasteiger partial charge in [-0.15, -0.1) is 11.3 Å². The summed E-state index contributed by atoms with van der Waals surface area (Å²) in [5.41, 5.74) is 0.407. The van der Waals surface area contributed by atoms with Crippen LogP contribution in [0.5, 0.6) is 11.5 Å². The molecule has 0 fully saturated rings. The van der Waals surface area contributed by atoms with Crippen molar-refractivity contribution < 1.29 is 9.53 Å². The predicted molar refractivity (Wildman–Crippen MR) is 115 cm³/mol. The summed E-state index contributed by atoms with van der Waals surface area (Å²) >= 11 is 1.46. The summed E-state index contributed by atoms with van der Waals surface area (Å²) in [6, 6.07) is 17.7. The van der Waals surface area contributed by atoms with Gasteiger partial charge in [-0.1, -0.05) is 18.2 Å². The van der Waals surface area contributed by atoms with Crippen LogP contribution in [0, 0.1) is 6.92 Å². The van der Waals surface area contributed by atoms with Gasteiger partial charge in [0.1, 0.15) is 22.4 Å². The molecular weight excluding hydrogens is 386 g/mol. The van der Waals surface area contributed by atoms with E-state index in [1.54, 1.807) is 31.2 Å². The third-order valence-electron chi connectivity index (χ3n) is 4.50. The molecule has 0 saturated carbocycles. The van der Waals surface area contributed by atoms with Crippen LogP contribution in [-0.2, 0) is 4.79 Å². The van der Waals surface area contributed by atoms with E-state index in [2.05, 4.69) is 10.3 Å². The molecule has 7 heteroatoms. The van der Waals surface area contributed by atoms with Crippen molar-refractivity contribution in [3.8, 4) is 11.5 Å². The number of aromatic nitrogens is 2. The fourth-order valence-electron chi connectivity index (χ4n) is 2.94. The van der Waals surface area contributed by atoms with Crippen molar-refractivity contribution in [1.82, 2.24) is 9.55 Å². The van der Waals surface area contributed by atoms with Gasteiger partial charge in [0, 0.05) is 10.6 Å². The molecule has 0 aliphatic rings. The van der Waals surface area contributed by atoms with Crippen molar-refractivity contribution in [3.63, 3.8) is 0 Å². The number of benzene rings is 2. The van der Waals surface area contributed by atoms with Crippen molar-refractivity contribution >= 4 is 33.1 Å². The molecule has 29 heavy (non-hydrogen) atoms. The summed E-state index contributed by atoms with van der Waals surface area (Å²) < 4.78 is 7.11. The van der Waals surface area contributed by atoms with Gasteiger partial charge in [0.2, 0.25) is 5.91 Å². The van der Waals surface area contributed by atoms with Crippen molar-refractivity contribution in [2.45, 2.75) is 19.9 Å². The molecule has 0 radical (unpaired) electrons. The highest BCUT2D eigenvalue weighted by atomic mass is 32.1. The van der Waals surface area contributed by atoms with Gasteiger partial charge < -0.3 is 10.1 Å². The van der Waals surface area contributed by atoms with E-state index in [9.17, 15) is 9.59 Å². The Morgan fingerprint density at radius 1 is 1.10 bits per heavy atom. The Morgan fingerprint density at radius 3 is 2.52 bits per heavy atom. The number of amides is 1. The Morgan fingerprint density at radius 2 is 1.79 bits per heavy atom. The number of rotatable bonds is 5. The van der Waals surface area contributed by atoms with Crippen molar-refractivity contribution in [1.29, 1.82) is 0 Å². The monoisotopic (exact) mass is 405 g/mol. The number of hydrogen-bond acceptors (Lipinski definition) is 5. The number of nitrogens with zero attached hydrogens (tertiary/aromatic N) is 2. The zero-order valence-corrected chi connectivity index (χ0v) is 16.8. The molecule has 4 aromatic rings. The average molecular weight is 405 g/mol. The Balaban J connectivity index is 1.47. The molecule has 2 aromatic heterocycles. The number of para-hydroxylation sites is 1. The molecule has 1 atom stereocenters. The summed E-state index contributed by atoms with van der Waals surface area (Å²) in [4.78, 5) is 31.4. The fourth-order valence-corrected chi connectivity index (χ4v) is 3.77. The summed E-state index contributed by atoms with van der Waals surface area (Å²) in [6.45, 7) is 3.60. The molecule has 146 valence electrons. The lowest BCUT2D eigenvalue weighted by molar-refractivity contribution is -0.118. The minimum absolute atomic E-state index is 0.214. The van der Waals surface area contributed by atoms with Crippen LogP contribution in [-0.4, -0.2) is 15.5 Å². The van der Waals surface area contributed by atoms with E-state index in [1.165, 1.54) is 22.2 Å². The van der Waals surface area contributed by atoms with Gasteiger partial charge in [-0.2, -0.15) is 0 Å². The van der Waals surface area contributed by atoms with Crippen molar-refractivity contribution in [3.05, 3.63) is 82.2 Å². The van der Waals surface area contributed by atoms with E-state index in [0.29, 0.717) is 21.7 Å². The van der Waals surface area contributed by atoms with Gasteiger partial charge in [-0.05, 0) is 56.3 Å². The average Bonchev–Trinajstić information content (AvgIpc) is 3.11. The summed E-state index contributed by atoms with van der Waals surface area (Å²) in [5.74, 6) is 1.11. The molecular formula is C22H19N3O3S. The maximum Gasteiger partial charge on any atom is 0.262 e. The Hall–Kier alpha value is -3.45. The molecule has 2 heterocycles. The highest BCUT2D eigenvalue weighted by Crippen LogP contribution is 2.23. The Kier molecular flexibility index (Phi) is 5.14. The minimum Gasteiger partial charge on any atom is -0.457 e. The second-order valence-electron chi connectivity index (χ2n) is 6.64. The largest absolute Gasteiger partial charge is 0.457 e. The highest BCUT2D eigenvalue weighted by molar-refractivity contribution is 7.18. The number of carbonyl (C=O) groups excluding carboxylic acids is 1. The van der Waals surface area contributed by atoms with Crippen LogP contribution in [0.1, 0.15) is 17.8 Å². The van der Waals surface area contributed by atoms with Gasteiger partial charge in [-0.25, -0.2) is 4.98 Å². The maximum atomic E-state index is 12.7. The lowest BCUT2D eigenvalue weighted by atomic mass is 10.2. The van der Waals surface area contributed by atoms with Crippen LogP contribution in [0.3, 0.4) is 0 Å². The standard InChI is InChI=1S/C22H19N3O3S/c1-14-12-19-21(29-14)23-13-25(22(19)27)15(2)20(26)24-16-8-10-18(11-9-16)28-17-6-4-3-5-7-17/h3-13,15H,1-2H3,(H,24,26). The van der Waals surface area contributed by atoms with Crippen LogP contribution < -0.4 is 15.6 Å². The molecule has 1 N–H and O–H groups in total. The topological polar surface area (TPSA) is 73.2 Å². The first-order valence-electron chi connectivity index (χ1n) is 9.12. The molecule has 0 spiro atoms. The summed E-state index contributed by atoms with van der Waals surface area (Å²) in [6.07, 6.45) is 1.43. The van der Waals surface area contributed by atoms with Gasteiger partial charge in [0.15, 0.2) is 0 Å². The molecule has 2 aromatic carbocycles. The normalized spacial score (nSPS) is 11.9. The minimum atomic E-state index is -0.695. The van der Waals surface area contributed by atoms with Crippen LogP contribution in [0.2, 0.25) is 0 Å². The number of hydrogen-bond donors (Lipinski definition) is 1. The van der Waals surface area contributed by atoms with E-state index in [4.69, 9.17) is 4.74 Å². The Labute approximate surface area is 171 Å². The van der Waals surface area contributed by atoms with E-state index in [0.717, 1.165) is 10.6 Å². The van der Waals surface area contributed by atoms with E-state index in [-0.39, 0.29) is 11.5 Å². The molecule has 0 aliphatic heterocycles. The first-order chi connectivity index (χ1) is 14.0. The number of thiophene rings is 1. The van der Waals surface area contributed by atoms with Crippen molar-refractivity contribution in [2.24, 2.45) is 0 Å². The predicted octanol–water partition coefficient (Wildman–Crippen LogP) is 4.76. The second kappa shape index (κ2) is 7.89. The van der Waals surface area contributed by atoms with E-state index >= 15 is 0 Å². The lowest BCUT2D eigenvalue weighted by Gasteiger charge is -2.15. The molecule has 1 unspecified atom stereocenters. The number of nitrogens with one attached hydrogen (secondary N) is 1. The third-order valence-corrected chi connectivity index (χ3v) is 5.46. The molecule has 0 aliphatic carbocycles. The summed E-state index contributed by atoms with van der Waals surface area (Å²) in [7, 11) is 0. The maximum absolute atomic E-state index is 12.7. The quantitative estimate of drug-likeness (QED) is 0.520. The van der Waals surface area contributed by atoms with Gasteiger partial charge in [0.05, 0.1) is 11.7 Å². The highest BCUT2D eigenvalue weighted by Gasteiger charge is 2.18. The van der Waals surface area contributed by atoms with Gasteiger partial charge >= 0.3 is 0 Å². The van der Waals surface area contributed by atoms with Crippen LogP contribution in [0.25, 0.3) is 10.2 Å². The summed E-state index contributed by atoms with van der Waals surface area (Å²) in [5, 5.41) is 3.37. The second-order valence-corrected chi connectivity index (χ2v) is 7.87.